The summed E-state index contributed by atoms with van der Waals surface area (Å²) in [5.74, 6) is 0.551. The second-order valence-corrected chi connectivity index (χ2v) is 6.04. The van der Waals surface area contributed by atoms with E-state index in [1.807, 2.05) is 43.3 Å². The molecule has 0 bridgehead atoms. The van der Waals surface area contributed by atoms with Crippen molar-refractivity contribution in [1.29, 1.82) is 0 Å². The molecule has 0 saturated heterocycles. The van der Waals surface area contributed by atoms with Crippen LogP contribution in [0.3, 0.4) is 0 Å². The van der Waals surface area contributed by atoms with Crippen molar-refractivity contribution in [3.05, 3.63) is 63.1 Å². The van der Waals surface area contributed by atoms with Gasteiger partial charge in [-0.05, 0) is 23.6 Å². The quantitative estimate of drug-likeness (QED) is 0.800. The minimum atomic E-state index is -0.0436. The van der Waals surface area contributed by atoms with E-state index < -0.39 is 0 Å². The molecule has 0 N–H and O–H groups in total. The summed E-state index contributed by atoms with van der Waals surface area (Å²) in [4.78, 5) is 12.1. The molecule has 2 aromatic rings. The van der Waals surface area contributed by atoms with Gasteiger partial charge in [-0.25, -0.2) is 0 Å². The first-order valence-electron chi connectivity index (χ1n) is 6.79. The van der Waals surface area contributed by atoms with Crippen molar-refractivity contribution in [3.8, 4) is 5.75 Å². The predicted octanol–water partition coefficient (Wildman–Crippen LogP) is 4.95. The van der Waals surface area contributed by atoms with Gasteiger partial charge in [-0.15, -0.1) is 0 Å². The Labute approximate surface area is 133 Å². The van der Waals surface area contributed by atoms with Crippen molar-refractivity contribution in [2.45, 2.75) is 20.0 Å². The molecule has 0 radical (unpaired) electrons. The Hall–Kier alpha value is -1.51. The molecule has 4 heteroatoms. The fourth-order valence-corrected chi connectivity index (χ4v) is 3.10. The maximum atomic E-state index is 12.1. The molecule has 2 nitrogen and oxygen atoms in total. The molecule has 0 aromatic heterocycles. The zero-order chi connectivity index (χ0) is 15.0. The Morgan fingerprint density at radius 3 is 2.62 bits per heavy atom. The zero-order valence-corrected chi connectivity index (χ0v) is 13.0. The normalized spacial score (nSPS) is 16.9. The first-order chi connectivity index (χ1) is 10.1. The number of rotatable bonds is 3. The first-order valence-corrected chi connectivity index (χ1v) is 7.55. The van der Waals surface area contributed by atoms with Gasteiger partial charge >= 0.3 is 0 Å². The molecule has 108 valence electrons. The van der Waals surface area contributed by atoms with Gasteiger partial charge in [-0.2, -0.15) is 0 Å². The third kappa shape index (κ3) is 2.66. The van der Waals surface area contributed by atoms with Crippen molar-refractivity contribution >= 4 is 29.0 Å². The number of halogens is 2. The minimum Gasteiger partial charge on any atom is -0.487 e. The molecule has 2 aromatic carbocycles. The number of carbonyl (C=O) groups excluding carboxylic acids is 1. The molecular formula is C17H14Cl2O2. The largest absolute Gasteiger partial charge is 0.487 e. The Bertz CT molecular complexity index is 696. The molecule has 0 aliphatic heterocycles. The minimum absolute atomic E-state index is 0.0436. The van der Waals surface area contributed by atoms with Gasteiger partial charge in [0.15, 0.2) is 5.78 Å². The maximum absolute atomic E-state index is 12.1. The molecular weight excluding hydrogens is 307 g/mol. The smallest absolute Gasteiger partial charge is 0.167 e. The van der Waals surface area contributed by atoms with Gasteiger partial charge in [0.25, 0.3) is 0 Å². The topological polar surface area (TPSA) is 26.3 Å². The van der Waals surface area contributed by atoms with Gasteiger partial charge in [0.1, 0.15) is 17.4 Å². The molecule has 1 atom stereocenters. The number of carbonyl (C=O) groups is 1. The number of ether oxygens (including phenoxy) is 1. The summed E-state index contributed by atoms with van der Waals surface area (Å²) >= 11 is 12.5. The molecule has 0 amide bonds. The average Bonchev–Trinajstić information content (AvgIpc) is 2.77. The van der Waals surface area contributed by atoms with Gasteiger partial charge in [0.05, 0.1) is 5.02 Å². The first kappa shape index (κ1) is 14.4. The lowest BCUT2D eigenvalue weighted by Crippen LogP contribution is -2.04. The van der Waals surface area contributed by atoms with E-state index in [4.69, 9.17) is 27.9 Å². The fourth-order valence-electron chi connectivity index (χ4n) is 2.59. The van der Waals surface area contributed by atoms with Crippen LogP contribution in [0, 0.1) is 5.92 Å². The second kappa shape index (κ2) is 5.70. The Morgan fingerprint density at radius 1 is 1.19 bits per heavy atom. The van der Waals surface area contributed by atoms with Crippen LogP contribution in [0.1, 0.15) is 28.4 Å². The van der Waals surface area contributed by atoms with Crippen LogP contribution in [0.4, 0.5) is 0 Å². The van der Waals surface area contributed by atoms with Crippen LogP contribution in [0.2, 0.25) is 10.0 Å². The summed E-state index contributed by atoms with van der Waals surface area (Å²) in [6.45, 7) is 2.32. The molecule has 0 fully saturated rings. The number of hydrogen-bond acceptors (Lipinski definition) is 2. The summed E-state index contributed by atoms with van der Waals surface area (Å²) in [7, 11) is 0. The van der Waals surface area contributed by atoms with Gasteiger partial charge in [-0.1, -0.05) is 60.5 Å². The number of ketones is 1. The summed E-state index contributed by atoms with van der Waals surface area (Å²) in [6, 6.07) is 11.7. The van der Waals surface area contributed by atoms with Crippen LogP contribution < -0.4 is 4.74 Å². The molecule has 3 rings (SSSR count). The number of Topliss-reactive ketones (excluding diaryl/α,β-unsaturated/α-hetero) is 1. The lowest BCUT2D eigenvalue weighted by Gasteiger charge is -2.12. The molecule has 1 aliphatic rings. The van der Waals surface area contributed by atoms with E-state index in [9.17, 15) is 4.79 Å². The van der Waals surface area contributed by atoms with E-state index in [0.29, 0.717) is 34.4 Å². The lowest BCUT2D eigenvalue weighted by atomic mass is 10.1. The molecule has 0 spiro atoms. The highest BCUT2D eigenvalue weighted by Gasteiger charge is 2.31. The van der Waals surface area contributed by atoms with Crippen LogP contribution in [0.15, 0.2) is 36.4 Å². The van der Waals surface area contributed by atoms with Crippen molar-refractivity contribution in [2.75, 3.05) is 0 Å². The third-order valence-electron chi connectivity index (χ3n) is 3.71. The van der Waals surface area contributed by atoms with E-state index in [0.717, 1.165) is 11.1 Å². The maximum Gasteiger partial charge on any atom is 0.167 e. The van der Waals surface area contributed by atoms with E-state index >= 15 is 0 Å². The van der Waals surface area contributed by atoms with Crippen LogP contribution in [0.25, 0.3) is 0 Å². The van der Waals surface area contributed by atoms with E-state index in [1.54, 1.807) is 0 Å². The summed E-state index contributed by atoms with van der Waals surface area (Å²) in [5.41, 5.74) is 2.53. The van der Waals surface area contributed by atoms with Gasteiger partial charge in [0.2, 0.25) is 0 Å². The molecule has 1 aliphatic carbocycles. The lowest BCUT2D eigenvalue weighted by molar-refractivity contribution is 0.0946. The second-order valence-electron chi connectivity index (χ2n) is 5.28. The highest BCUT2D eigenvalue weighted by molar-refractivity contribution is 6.45. The van der Waals surface area contributed by atoms with Crippen molar-refractivity contribution < 1.29 is 9.53 Å². The molecule has 0 saturated carbocycles. The average molecular weight is 321 g/mol. The third-order valence-corrected chi connectivity index (χ3v) is 4.56. The Morgan fingerprint density at radius 2 is 1.90 bits per heavy atom. The van der Waals surface area contributed by atoms with Crippen molar-refractivity contribution in [1.82, 2.24) is 0 Å². The van der Waals surface area contributed by atoms with Crippen LogP contribution in [-0.2, 0) is 13.0 Å². The molecule has 21 heavy (non-hydrogen) atoms. The van der Waals surface area contributed by atoms with Gasteiger partial charge in [0, 0.05) is 11.5 Å². The van der Waals surface area contributed by atoms with E-state index in [2.05, 4.69) is 0 Å². The fraction of sp³-hybridized carbons (Fsp3) is 0.235. The highest BCUT2D eigenvalue weighted by atomic mass is 35.5. The van der Waals surface area contributed by atoms with Crippen molar-refractivity contribution in [3.63, 3.8) is 0 Å². The summed E-state index contributed by atoms with van der Waals surface area (Å²) < 4.78 is 5.77. The summed E-state index contributed by atoms with van der Waals surface area (Å²) in [5, 5.41) is 0.625. The van der Waals surface area contributed by atoms with Crippen LogP contribution in [0.5, 0.6) is 5.75 Å². The highest BCUT2D eigenvalue weighted by Crippen LogP contribution is 2.42. The standard InChI is InChI=1S/C17H14Cl2O2/c1-10-7-12-8-13(15(18)16(19)14(12)17(10)20)21-9-11-5-3-2-4-6-11/h2-6,8,10H,7,9H2,1H3. The zero-order valence-electron chi connectivity index (χ0n) is 11.5. The number of benzene rings is 2. The van der Waals surface area contributed by atoms with Gasteiger partial charge < -0.3 is 4.74 Å². The van der Waals surface area contributed by atoms with Crippen molar-refractivity contribution in [2.24, 2.45) is 5.92 Å². The van der Waals surface area contributed by atoms with Gasteiger partial charge in [-0.3, -0.25) is 4.79 Å². The predicted molar refractivity (Wildman–Crippen MR) is 84.4 cm³/mol. The number of fused-ring (bicyclic) bond motifs is 1. The van der Waals surface area contributed by atoms with E-state index in [-0.39, 0.29) is 11.7 Å². The monoisotopic (exact) mass is 320 g/mol. The molecule has 0 heterocycles. The van der Waals surface area contributed by atoms with Crippen LogP contribution >= 0.6 is 23.2 Å². The number of hydrogen-bond donors (Lipinski definition) is 0. The van der Waals surface area contributed by atoms with Crippen LogP contribution in [-0.4, -0.2) is 5.78 Å². The Balaban J connectivity index is 1.89. The molecule has 1 unspecified atom stereocenters. The SMILES string of the molecule is CC1Cc2cc(OCc3ccccc3)c(Cl)c(Cl)c2C1=O. The Kier molecular flexibility index (Phi) is 3.92. The summed E-state index contributed by atoms with van der Waals surface area (Å²) in [6.07, 6.45) is 0.687. The van der Waals surface area contributed by atoms with E-state index in [1.165, 1.54) is 0 Å².